The van der Waals surface area contributed by atoms with Crippen LogP contribution in [0.4, 0.5) is 10.1 Å². The number of fused-ring (bicyclic) bond motifs is 1. The van der Waals surface area contributed by atoms with E-state index < -0.39 is 5.82 Å². The van der Waals surface area contributed by atoms with Gasteiger partial charge in [-0.2, -0.15) is 0 Å². The van der Waals surface area contributed by atoms with Gasteiger partial charge in [-0.1, -0.05) is 36.4 Å². The fourth-order valence-corrected chi connectivity index (χ4v) is 2.54. The van der Waals surface area contributed by atoms with Gasteiger partial charge in [-0.3, -0.25) is 4.79 Å². The molecule has 0 atom stereocenters. The van der Waals surface area contributed by atoms with Gasteiger partial charge in [-0.25, -0.2) is 4.39 Å². The lowest BCUT2D eigenvalue weighted by atomic mass is 9.92. The van der Waals surface area contributed by atoms with Crippen molar-refractivity contribution >= 4 is 22.2 Å². The second-order valence-electron chi connectivity index (χ2n) is 5.04. The largest absolute Gasteiger partial charge is 0.398 e. The maximum atomic E-state index is 13.4. The Balaban J connectivity index is 2.27. The summed E-state index contributed by atoms with van der Waals surface area (Å²) in [5.74, 6) is -0.716. The average molecular weight is 279 g/mol. The summed E-state index contributed by atoms with van der Waals surface area (Å²) in [5.41, 5.74) is 7.75. The number of carbonyl (C=O) groups is 1. The van der Waals surface area contributed by atoms with Gasteiger partial charge in [-0.05, 0) is 41.5 Å². The number of benzene rings is 3. The maximum Gasteiger partial charge on any atom is 0.196 e. The second-order valence-corrected chi connectivity index (χ2v) is 5.04. The lowest BCUT2D eigenvalue weighted by Crippen LogP contribution is -2.08. The number of rotatable bonds is 2. The number of ketones is 1. The van der Waals surface area contributed by atoms with Crippen molar-refractivity contribution in [2.75, 3.05) is 5.73 Å². The second kappa shape index (κ2) is 5.02. The molecule has 104 valence electrons. The molecule has 3 rings (SSSR count). The molecule has 0 heterocycles. The van der Waals surface area contributed by atoms with E-state index in [1.807, 2.05) is 43.3 Å². The number of carbonyl (C=O) groups excluding carboxylic acids is 1. The molecule has 0 radical (unpaired) electrons. The summed E-state index contributed by atoms with van der Waals surface area (Å²) in [6.45, 7) is 1.87. The van der Waals surface area contributed by atoms with Gasteiger partial charge in [0.15, 0.2) is 5.78 Å². The van der Waals surface area contributed by atoms with Crippen molar-refractivity contribution < 1.29 is 9.18 Å². The normalized spacial score (nSPS) is 10.8. The van der Waals surface area contributed by atoms with E-state index in [4.69, 9.17) is 5.73 Å². The molecular weight excluding hydrogens is 265 g/mol. The molecule has 21 heavy (non-hydrogen) atoms. The Kier molecular flexibility index (Phi) is 3.18. The monoisotopic (exact) mass is 279 g/mol. The number of hydrogen-bond acceptors (Lipinski definition) is 2. The van der Waals surface area contributed by atoms with Crippen LogP contribution in [-0.2, 0) is 0 Å². The minimum absolute atomic E-state index is 0.203. The molecule has 0 amide bonds. The van der Waals surface area contributed by atoms with E-state index in [-0.39, 0.29) is 17.0 Å². The first kappa shape index (κ1) is 13.3. The van der Waals surface area contributed by atoms with Gasteiger partial charge in [0.2, 0.25) is 0 Å². The Morgan fingerprint density at radius 3 is 2.62 bits per heavy atom. The van der Waals surface area contributed by atoms with Gasteiger partial charge in [0.05, 0.1) is 0 Å². The zero-order valence-electron chi connectivity index (χ0n) is 11.6. The molecule has 0 fully saturated rings. The van der Waals surface area contributed by atoms with Gasteiger partial charge < -0.3 is 5.73 Å². The summed E-state index contributed by atoms with van der Waals surface area (Å²) in [6.07, 6.45) is 0. The molecule has 3 aromatic carbocycles. The number of aryl methyl sites for hydroxylation is 1. The molecular formula is C18H14FNO. The van der Waals surface area contributed by atoms with Crippen LogP contribution in [0, 0.1) is 12.7 Å². The predicted molar refractivity (Wildman–Crippen MR) is 82.9 cm³/mol. The van der Waals surface area contributed by atoms with E-state index in [9.17, 15) is 9.18 Å². The van der Waals surface area contributed by atoms with Gasteiger partial charge in [0, 0.05) is 16.8 Å². The summed E-state index contributed by atoms with van der Waals surface area (Å²) in [7, 11) is 0. The first-order chi connectivity index (χ1) is 10.1. The van der Waals surface area contributed by atoms with E-state index in [1.54, 1.807) is 0 Å². The van der Waals surface area contributed by atoms with Crippen molar-refractivity contribution in [3.8, 4) is 0 Å². The third-order valence-corrected chi connectivity index (χ3v) is 3.62. The molecule has 0 saturated carbocycles. The number of hydrogen-bond donors (Lipinski definition) is 1. The van der Waals surface area contributed by atoms with Gasteiger partial charge in [0.1, 0.15) is 5.82 Å². The Morgan fingerprint density at radius 2 is 1.81 bits per heavy atom. The minimum atomic E-state index is -0.467. The van der Waals surface area contributed by atoms with E-state index in [1.165, 1.54) is 18.2 Å². The third-order valence-electron chi connectivity index (χ3n) is 3.62. The van der Waals surface area contributed by atoms with Crippen LogP contribution in [0.5, 0.6) is 0 Å². The molecule has 2 nitrogen and oxygen atoms in total. The number of nitrogen functional groups attached to an aromatic ring is 1. The molecule has 0 bridgehead atoms. The van der Waals surface area contributed by atoms with E-state index in [2.05, 4.69) is 0 Å². The van der Waals surface area contributed by atoms with E-state index >= 15 is 0 Å². The smallest absolute Gasteiger partial charge is 0.196 e. The highest BCUT2D eigenvalue weighted by Crippen LogP contribution is 2.27. The lowest BCUT2D eigenvalue weighted by molar-refractivity contribution is 0.104. The molecule has 3 aromatic rings. The molecule has 0 saturated heterocycles. The fraction of sp³-hybridized carbons (Fsp3) is 0.0556. The first-order valence-corrected chi connectivity index (χ1v) is 6.66. The molecule has 0 aliphatic rings. The fourth-order valence-electron chi connectivity index (χ4n) is 2.54. The molecule has 0 aliphatic heterocycles. The Labute approximate surface area is 122 Å². The van der Waals surface area contributed by atoms with Crippen LogP contribution < -0.4 is 5.73 Å². The molecule has 0 unspecified atom stereocenters. The third kappa shape index (κ3) is 2.27. The van der Waals surface area contributed by atoms with Crippen LogP contribution in [0.2, 0.25) is 0 Å². The standard InChI is InChI=1S/C18H14FNO/c1-11-6-7-12-4-2-3-5-14(12)17(11)18(21)15-10-13(19)8-9-16(15)20/h2-10H,20H2,1H3. The Morgan fingerprint density at radius 1 is 1.05 bits per heavy atom. The van der Waals surface area contributed by atoms with Gasteiger partial charge >= 0.3 is 0 Å². The number of nitrogens with two attached hydrogens (primary N) is 1. The predicted octanol–water partition coefficient (Wildman–Crippen LogP) is 4.10. The SMILES string of the molecule is Cc1ccc2ccccc2c1C(=O)c1cc(F)ccc1N. The van der Waals surface area contributed by atoms with Gasteiger partial charge in [0.25, 0.3) is 0 Å². The van der Waals surface area contributed by atoms with Crippen molar-refractivity contribution in [2.45, 2.75) is 6.92 Å². The topological polar surface area (TPSA) is 43.1 Å². The molecule has 0 spiro atoms. The lowest BCUT2D eigenvalue weighted by Gasteiger charge is -2.11. The highest BCUT2D eigenvalue weighted by Gasteiger charge is 2.18. The van der Waals surface area contributed by atoms with Crippen LogP contribution in [-0.4, -0.2) is 5.78 Å². The maximum absolute atomic E-state index is 13.4. The van der Waals surface area contributed by atoms with E-state index in [0.29, 0.717) is 5.56 Å². The Bertz CT molecular complexity index is 855. The van der Waals surface area contributed by atoms with Gasteiger partial charge in [-0.15, -0.1) is 0 Å². The molecule has 0 aromatic heterocycles. The van der Waals surface area contributed by atoms with Crippen LogP contribution in [0.1, 0.15) is 21.5 Å². The quantitative estimate of drug-likeness (QED) is 0.567. The molecule has 0 aliphatic carbocycles. The molecule has 3 heteroatoms. The van der Waals surface area contributed by atoms with Crippen molar-refractivity contribution in [1.82, 2.24) is 0 Å². The van der Waals surface area contributed by atoms with Crippen molar-refractivity contribution in [3.63, 3.8) is 0 Å². The summed E-state index contributed by atoms with van der Waals surface area (Å²) in [5, 5.41) is 1.83. The van der Waals surface area contributed by atoms with E-state index in [0.717, 1.165) is 16.3 Å². The number of halogens is 1. The average Bonchev–Trinajstić information content (AvgIpc) is 2.49. The van der Waals surface area contributed by atoms with Crippen molar-refractivity contribution in [2.24, 2.45) is 0 Å². The highest BCUT2D eigenvalue weighted by molar-refractivity contribution is 6.19. The summed E-state index contributed by atoms with van der Waals surface area (Å²) in [4.78, 5) is 12.8. The number of anilines is 1. The molecule has 2 N–H and O–H groups in total. The first-order valence-electron chi connectivity index (χ1n) is 6.66. The van der Waals surface area contributed by atoms with Crippen LogP contribution in [0.15, 0.2) is 54.6 Å². The Hall–Kier alpha value is -2.68. The zero-order valence-corrected chi connectivity index (χ0v) is 11.6. The van der Waals surface area contributed by atoms with Crippen LogP contribution >= 0.6 is 0 Å². The zero-order chi connectivity index (χ0) is 15.0. The van der Waals surface area contributed by atoms with Crippen molar-refractivity contribution in [1.29, 1.82) is 0 Å². The minimum Gasteiger partial charge on any atom is -0.398 e. The summed E-state index contributed by atoms with van der Waals surface area (Å²) >= 11 is 0. The van der Waals surface area contributed by atoms with Crippen molar-refractivity contribution in [3.05, 3.63) is 77.1 Å². The van der Waals surface area contributed by atoms with Crippen LogP contribution in [0.25, 0.3) is 10.8 Å². The summed E-state index contributed by atoms with van der Waals surface area (Å²) in [6, 6.07) is 15.4. The van der Waals surface area contributed by atoms with Crippen LogP contribution in [0.3, 0.4) is 0 Å². The summed E-state index contributed by atoms with van der Waals surface area (Å²) < 4.78 is 13.4. The highest BCUT2D eigenvalue weighted by atomic mass is 19.1.